The van der Waals surface area contributed by atoms with Crippen LogP contribution in [0.5, 0.6) is 0 Å². The number of amidine groups is 1. The summed E-state index contributed by atoms with van der Waals surface area (Å²) in [6, 6.07) is 3.46. The number of anilines is 2. The Hall–Kier alpha value is -1.50. The van der Waals surface area contributed by atoms with Crippen molar-refractivity contribution in [3.05, 3.63) is 22.7 Å². The Morgan fingerprint density at radius 2 is 2.06 bits per heavy atom. The molecule has 0 bridgehead atoms. The lowest BCUT2D eigenvalue weighted by molar-refractivity contribution is 0.589. The fourth-order valence-corrected chi connectivity index (χ4v) is 2.33. The van der Waals surface area contributed by atoms with E-state index < -0.39 is 0 Å². The number of nitrogens with one attached hydrogen (secondary N) is 3. The lowest BCUT2D eigenvalue weighted by Gasteiger charge is -2.31. The standard InChI is InChI=1S/C11H17ClN6/c12-7-5-8(13)10(11(14)17-15)9(6-7)18-3-1-16-2-4-18/h5-6,16H,1-4,13,15H2,(H2,14,17). The van der Waals surface area contributed by atoms with Gasteiger partial charge in [0.1, 0.15) is 5.84 Å². The molecule has 98 valence electrons. The van der Waals surface area contributed by atoms with E-state index in [-0.39, 0.29) is 5.84 Å². The summed E-state index contributed by atoms with van der Waals surface area (Å²) in [6.45, 7) is 3.50. The van der Waals surface area contributed by atoms with Crippen LogP contribution in [0, 0.1) is 5.41 Å². The Kier molecular flexibility index (Phi) is 3.90. The van der Waals surface area contributed by atoms with Crippen molar-refractivity contribution in [2.75, 3.05) is 36.8 Å². The van der Waals surface area contributed by atoms with Crippen LogP contribution >= 0.6 is 11.6 Å². The zero-order valence-electron chi connectivity index (χ0n) is 9.96. The predicted molar refractivity (Wildman–Crippen MR) is 75.1 cm³/mol. The summed E-state index contributed by atoms with van der Waals surface area (Å²) in [5, 5.41) is 11.7. The average Bonchev–Trinajstić information content (AvgIpc) is 2.38. The molecule has 0 spiro atoms. The largest absolute Gasteiger partial charge is 0.398 e. The van der Waals surface area contributed by atoms with Gasteiger partial charge in [-0.15, -0.1) is 0 Å². The van der Waals surface area contributed by atoms with E-state index in [0.717, 1.165) is 31.9 Å². The van der Waals surface area contributed by atoms with Crippen molar-refractivity contribution < 1.29 is 0 Å². The number of halogens is 1. The van der Waals surface area contributed by atoms with Gasteiger partial charge in [-0.1, -0.05) is 11.6 Å². The monoisotopic (exact) mass is 268 g/mol. The van der Waals surface area contributed by atoms with E-state index in [1.54, 1.807) is 6.07 Å². The molecule has 7 heteroatoms. The van der Waals surface area contributed by atoms with E-state index in [0.29, 0.717) is 16.3 Å². The van der Waals surface area contributed by atoms with Crippen LogP contribution in [-0.4, -0.2) is 32.0 Å². The Bertz CT molecular complexity index is 455. The molecule has 0 unspecified atom stereocenters. The highest BCUT2D eigenvalue weighted by Gasteiger charge is 2.19. The summed E-state index contributed by atoms with van der Waals surface area (Å²) in [4.78, 5) is 2.15. The Morgan fingerprint density at radius 3 is 2.67 bits per heavy atom. The molecule has 0 saturated carbocycles. The van der Waals surface area contributed by atoms with Crippen molar-refractivity contribution in [3.63, 3.8) is 0 Å². The quantitative estimate of drug-likeness (QED) is 0.172. The second kappa shape index (κ2) is 5.43. The number of nitrogen functional groups attached to an aromatic ring is 1. The van der Waals surface area contributed by atoms with E-state index in [1.165, 1.54) is 0 Å². The molecule has 6 nitrogen and oxygen atoms in total. The third kappa shape index (κ3) is 2.50. The van der Waals surface area contributed by atoms with Crippen LogP contribution in [0.15, 0.2) is 12.1 Å². The molecular formula is C11H17ClN6. The van der Waals surface area contributed by atoms with E-state index in [4.69, 9.17) is 28.6 Å². The molecule has 1 fully saturated rings. The van der Waals surface area contributed by atoms with Gasteiger partial charge in [-0.25, -0.2) is 5.84 Å². The number of hydrazine groups is 1. The van der Waals surface area contributed by atoms with Crippen molar-refractivity contribution in [2.24, 2.45) is 5.84 Å². The predicted octanol–water partition coefficient (Wildman–Crippen LogP) is 0.120. The highest BCUT2D eigenvalue weighted by Crippen LogP contribution is 2.30. The zero-order chi connectivity index (χ0) is 13.1. The van der Waals surface area contributed by atoms with Gasteiger partial charge in [0.05, 0.1) is 11.3 Å². The maximum atomic E-state index is 7.85. The Morgan fingerprint density at radius 1 is 1.39 bits per heavy atom. The van der Waals surface area contributed by atoms with E-state index in [2.05, 4.69) is 15.6 Å². The van der Waals surface area contributed by atoms with Gasteiger partial charge in [-0.3, -0.25) is 5.41 Å². The first-order chi connectivity index (χ1) is 8.63. The molecule has 1 heterocycles. The van der Waals surface area contributed by atoms with Gasteiger partial charge in [0.15, 0.2) is 0 Å². The molecule has 0 radical (unpaired) electrons. The van der Waals surface area contributed by atoms with Crippen molar-refractivity contribution in [3.8, 4) is 0 Å². The molecule has 1 aromatic rings. The van der Waals surface area contributed by atoms with Gasteiger partial charge in [0.25, 0.3) is 0 Å². The molecule has 18 heavy (non-hydrogen) atoms. The average molecular weight is 269 g/mol. The third-order valence-electron chi connectivity index (χ3n) is 2.96. The summed E-state index contributed by atoms with van der Waals surface area (Å²) < 4.78 is 0. The number of rotatable bonds is 2. The minimum absolute atomic E-state index is 0.0951. The smallest absolute Gasteiger partial charge is 0.143 e. The first-order valence-electron chi connectivity index (χ1n) is 5.73. The first kappa shape index (κ1) is 12.9. The van der Waals surface area contributed by atoms with Gasteiger partial charge < -0.3 is 21.4 Å². The fourth-order valence-electron chi connectivity index (χ4n) is 2.11. The Labute approximate surface area is 111 Å². The first-order valence-corrected chi connectivity index (χ1v) is 6.11. The summed E-state index contributed by atoms with van der Waals surface area (Å²) in [5.41, 5.74) is 10.2. The van der Waals surface area contributed by atoms with Crippen LogP contribution in [0.2, 0.25) is 5.02 Å². The number of nitrogens with zero attached hydrogens (tertiary/aromatic N) is 1. The van der Waals surface area contributed by atoms with Gasteiger partial charge in [0, 0.05) is 36.9 Å². The summed E-state index contributed by atoms with van der Waals surface area (Å²) in [5.74, 6) is 5.41. The molecule has 7 N–H and O–H groups in total. The molecular weight excluding hydrogens is 252 g/mol. The van der Waals surface area contributed by atoms with E-state index in [9.17, 15) is 0 Å². The zero-order valence-corrected chi connectivity index (χ0v) is 10.7. The SMILES string of the molecule is N=C(NN)c1c(N)cc(Cl)cc1N1CCNCC1. The molecule has 0 aliphatic carbocycles. The maximum absolute atomic E-state index is 7.85. The van der Waals surface area contributed by atoms with E-state index >= 15 is 0 Å². The lowest BCUT2D eigenvalue weighted by Crippen LogP contribution is -2.44. The number of hydrogen-bond acceptors (Lipinski definition) is 5. The fraction of sp³-hybridized carbons (Fsp3) is 0.364. The van der Waals surface area contributed by atoms with Gasteiger partial charge in [-0.2, -0.15) is 0 Å². The molecule has 1 aliphatic rings. The summed E-state index contributed by atoms with van der Waals surface area (Å²) >= 11 is 6.04. The van der Waals surface area contributed by atoms with Crippen LogP contribution in [-0.2, 0) is 0 Å². The topological polar surface area (TPSA) is 103 Å². The molecule has 0 amide bonds. The highest BCUT2D eigenvalue weighted by atomic mass is 35.5. The van der Waals surface area contributed by atoms with Crippen LogP contribution in [0.3, 0.4) is 0 Å². The lowest BCUT2D eigenvalue weighted by atomic mass is 10.1. The maximum Gasteiger partial charge on any atom is 0.143 e. The number of benzene rings is 1. The molecule has 0 atom stereocenters. The van der Waals surface area contributed by atoms with Gasteiger partial charge >= 0.3 is 0 Å². The summed E-state index contributed by atoms with van der Waals surface area (Å²) in [7, 11) is 0. The number of nitrogens with two attached hydrogens (primary N) is 2. The second-order valence-electron chi connectivity index (χ2n) is 4.15. The third-order valence-corrected chi connectivity index (χ3v) is 3.18. The van der Waals surface area contributed by atoms with Crippen LogP contribution in [0.4, 0.5) is 11.4 Å². The van der Waals surface area contributed by atoms with E-state index in [1.807, 2.05) is 6.07 Å². The van der Waals surface area contributed by atoms with Crippen molar-refractivity contribution in [1.82, 2.24) is 10.7 Å². The molecule has 1 aromatic carbocycles. The Balaban J connectivity index is 2.45. The minimum Gasteiger partial charge on any atom is -0.398 e. The number of hydrogen-bond donors (Lipinski definition) is 5. The van der Waals surface area contributed by atoms with Crippen LogP contribution in [0.25, 0.3) is 0 Å². The number of piperazine rings is 1. The molecule has 1 aliphatic heterocycles. The van der Waals surface area contributed by atoms with Crippen LogP contribution in [0.1, 0.15) is 5.56 Å². The van der Waals surface area contributed by atoms with Crippen molar-refractivity contribution in [1.29, 1.82) is 5.41 Å². The van der Waals surface area contributed by atoms with Gasteiger partial charge in [-0.05, 0) is 12.1 Å². The van der Waals surface area contributed by atoms with Crippen molar-refractivity contribution in [2.45, 2.75) is 0 Å². The van der Waals surface area contributed by atoms with Crippen molar-refractivity contribution >= 4 is 28.8 Å². The second-order valence-corrected chi connectivity index (χ2v) is 4.58. The minimum atomic E-state index is 0.0951. The van der Waals surface area contributed by atoms with Crippen LogP contribution < -0.4 is 27.2 Å². The molecule has 0 aromatic heterocycles. The molecule has 2 rings (SSSR count). The molecule has 1 saturated heterocycles. The highest BCUT2D eigenvalue weighted by molar-refractivity contribution is 6.31. The normalized spacial score (nSPS) is 15.6. The summed E-state index contributed by atoms with van der Waals surface area (Å²) in [6.07, 6.45) is 0. The van der Waals surface area contributed by atoms with Gasteiger partial charge in [0.2, 0.25) is 0 Å².